The van der Waals surface area contributed by atoms with E-state index >= 15 is 0 Å². The lowest BCUT2D eigenvalue weighted by Crippen LogP contribution is -2.25. The van der Waals surface area contributed by atoms with Gasteiger partial charge in [-0.3, -0.25) is 19.6 Å². The van der Waals surface area contributed by atoms with Crippen molar-refractivity contribution < 1.29 is 23.6 Å². The topological polar surface area (TPSA) is 109 Å². The fourth-order valence-electron chi connectivity index (χ4n) is 3.77. The summed E-state index contributed by atoms with van der Waals surface area (Å²) in [5.74, 6) is 0.0681. The number of nitrogens with one attached hydrogen (secondary N) is 1. The number of halogens is 1. The van der Waals surface area contributed by atoms with Crippen molar-refractivity contribution in [3.05, 3.63) is 80.1 Å². The number of aromatic nitrogens is 2. The zero-order valence-electron chi connectivity index (χ0n) is 19.3. The van der Waals surface area contributed by atoms with E-state index in [0.29, 0.717) is 22.7 Å². The summed E-state index contributed by atoms with van der Waals surface area (Å²) in [4.78, 5) is 25.2. The minimum atomic E-state index is -0.485. The summed E-state index contributed by atoms with van der Waals surface area (Å²) in [5, 5.41) is 19.7. The molecule has 0 atom stereocenters. The highest BCUT2D eigenvalue weighted by Gasteiger charge is 2.20. The van der Waals surface area contributed by atoms with Crippen LogP contribution in [0.1, 0.15) is 26.5 Å². The second-order valence-electron chi connectivity index (χ2n) is 7.80. The summed E-state index contributed by atoms with van der Waals surface area (Å²) < 4.78 is 25.4. The van der Waals surface area contributed by atoms with Crippen LogP contribution in [0.15, 0.2) is 42.5 Å². The van der Waals surface area contributed by atoms with E-state index in [1.165, 1.54) is 43.8 Å². The van der Waals surface area contributed by atoms with Gasteiger partial charge >= 0.3 is 0 Å². The molecule has 1 N–H and O–H groups in total. The number of aryl methyl sites for hydroxylation is 1. The predicted octanol–water partition coefficient (Wildman–Crippen LogP) is 4.49. The fraction of sp³-hybridized carbons (Fsp3) is 0.250. The lowest BCUT2D eigenvalue weighted by Gasteiger charge is -2.11. The Morgan fingerprint density at radius 1 is 1.17 bits per heavy atom. The molecule has 182 valence electrons. The van der Waals surface area contributed by atoms with Gasteiger partial charge in [0.25, 0.3) is 11.6 Å². The number of nitrogens with zero attached hydrogens (tertiary/aromatic N) is 3. The SMILES string of the molecule is COc1cc(CCNC(=O)c2cc3c(C)nn(Cc4ccc(F)cc4)c3s2)c([N+](=O)[O-])cc1OC. The molecule has 0 radical (unpaired) electrons. The van der Waals surface area contributed by atoms with Gasteiger partial charge in [-0.25, -0.2) is 4.39 Å². The number of methoxy groups -OCH3 is 2. The minimum Gasteiger partial charge on any atom is -0.493 e. The van der Waals surface area contributed by atoms with E-state index in [2.05, 4.69) is 10.4 Å². The maximum Gasteiger partial charge on any atom is 0.276 e. The number of amides is 1. The van der Waals surface area contributed by atoms with E-state index in [-0.39, 0.29) is 36.1 Å². The number of hydrogen-bond acceptors (Lipinski definition) is 7. The summed E-state index contributed by atoms with van der Waals surface area (Å²) in [5.41, 5.74) is 2.01. The summed E-state index contributed by atoms with van der Waals surface area (Å²) in [6.45, 7) is 2.52. The number of carbonyl (C=O) groups excluding carboxylic acids is 1. The molecule has 4 rings (SSSR count). The monoisotopic (exact) mass is 498 g/mol. The number of fused-ring (bicyclic) bond motifs is 1. The van der Waals surface area contributed by atoms with Gasteiger partial charge in [0.15, 0.2) is 11.5 Å². The minimum absolute atomic E-state index is 0.102. The first-order chi connectivity index (χ1) is 16.8. The van der Waals surface area contributed by atoms with E-state index in [4.69, 9.17) is 9.47 Å². The van der Waals surface area contributed by atoms with Crippen LogP contribution in [0.4, 0.5) is 10.1 Å². The third-order valence-electron chi connectivity index (χ3n) is 5.54. The van der Waals surface area contributed by atoms with Crippen molar-refractivity contribution in [2.45, 2.75) is 19.9 Å². The normalized spacial score (nSPS) is 11.0. The molecule has 9 nitrogen and oxygen atoms in total. The molecule has 0 unspecified atom stereocenters. The highest BCUT2D eigenvalue weighted by Crippen LogP contribution is 2.34. The third-order valence-corrected chi connectivity index (χ3v) is 6.69. The van der Waals surface area contributed by atoms with E-state index in [1.807, 2.05) is 6.92 Å². The smallest absolute Gasteiger partial charge is 0.276 e. The van der Waals surface area contributed by atoms with Crippen molar-refractivity contribution in [2.24, 2.45) is 0 Å². The van der Waals surface area contributed by atoms with Crippen LogP contribution >= 0.6 is 11.3 Å². The molecule has 0 saturated carbocycles. The Labute approximate surface area is 204 Å². The largest absolute Gasteiger partial charge is 0.493 e. The summed E-state index contributed by atoms with van der Waals surface area (Å²) in [6.07, 6.45) is 0.241. The molecular formula is C24H23FN4O5S. The lowest BCUT2D eigenvalue weighted by atomic mass is 10.1. The zero-order valence-corrected chi connectivity index (χ0v) is 20.1. The van der Waals surface area contributed by atoms with Crippen LogP contribution in [-0.4, -0.2) is 41.4 Å². The highest BCUT2D eigenvalue weighted by molar-refractivity contribution is 7.20. The Hall–Kier alpha value is -3.99. The maximum absolute atomic E-state index is 13.2. The molecule has 0 aliphatic carbocycles. The van der Waals surface area contributed by atoms with Gasteiger partial charge in [-0.15, -0.1) is 11.3 Å². The number of hydrogen-bond donors (Lipinski definition) is 1. The molecular weight excluding hydrogens is 475 g/mol. The standard InChI is InChI=1S/C24H23FN4O5S/c1-14-18-11-22(35-24(18)28(27-14)13-15-4-6-17(25)7-5-15)23(30)26-9-8-16-10-20(33-2)21(34-3)12-19(16)29(31)32/h4-7,10-12H,8-9,13H2,1-3H3,(H,26,30). The van der Waals surface area contributed by atoms with E-state index < -0.39 is 4.92 Å². The van der Waals surface area contributed by atoms with Gasteiger partial charge in [0.05, 0.1) is 42.3 Å². The fourth-order valence-corrected chi connectivity index (χ4v) is 4.85. The van der Waals surface area contributed by atoms with Crippen LogP contribution in [-0.2, 0) is 13.0 Å². The first-order valence-electron chi connectivity index (χ1n) is 10.7. The number of carbonyl (C=O) groups is 1. The lowest BCUT2D eigenvalue weighted by molar-refractivity contribution is -0.385. The van der Waals surface area contributed by atoms with Gasteiger partial charge in [0, 0.05) is 17.5 Å². The van der Waals surface area contributed by atoms with Crippen molar-refractivity contribution in [3.63, 3.8) is 0 Å². The molecule has 0 saturated heterocycles. The Kier molecular flexibility index (Phi) is 6.97. The number of nitro benzene ring substituents is 1. The van der Waals surface area contributed by atoms with Gasteiger partial charge < -0.3 is 14.8 Å². The second-order valence-corrected chi connectivity index (χ2v) is 8.83. The molecule has 11 heteroatoms. The molecule has 1 amide bonds. The van der Waals surface area contributed by atoms with E-state index in [9.17, 15) is 19.3 Å². The van der Waals surface area contributed by atoms with Crippen LogP contribution in [0.2, 0.25) is 0 Å². The molecule has 35 heavy (non-hydrogen) atoms. The van der Waals surface area contributed by atoms with Crippen LogP contribution < -0.4 is 14.8 Å². The van der Waals surface area contributed by atoms with Crippen molar-refractivity contribution in [1.82, 2.24) is 15.1 Å². The predicted molar refractivity (Wildman–Crippen MR) is 130 cm³/mol. The number of benzene rings is 2. The quantitative estimate of drug-likeness (QED) is 0.269. The molecule has 0 fully saturated rings. The average molecular weight is 499 g/mol. The molecule has 2 aromatic carbocycles. The van der Waals surface area contributed by atoms with Crippen molar-refractivity contribution >= 4 is 33.1 Å². The molecule has 0 bridgehead atoms. The molecule has 2 aromatic heterocycles. The Balaban J connectivity index is 1.48. The van der Waals surface area contributed by atoms with Gasteiger partial charge in [0.1, 0.15) is 10.6 Å². The van der Waals surface area contributed by atoms with Crippen molar-refractivity contribution in [2.75, 3.05) is 20.8 Å². The number of ether oxygens (including phenoxy) is 2. The Morgan fingerprint density at radius 2 is 1.86 bits per heavy atom. The van der Waals surface area contributed by atoms with Crippen molar-refractivity contribution in [3.8, 4) is 11.5 Å². The van der Waals surface area contributed by atoms with E-state index in [0.717, 1.165) is 21.5 Å². The average Bonchev–Trinajstić information content (AvgIpc) is 3.41. The van der Waals surface area contributed by atoms with Gasteiger partial charge in [0.2, 0.25) is 0 Å². The summed E-state index contributed by atoms with van der Waals surface area (Å²) >= 11 is 1.31. The van der Waals surface area contributed by atoms with Crippen LogP contribution in [0.25, 0.3) is 10.2 Å². The highest BCUT2D eigenvalue weighted by atomic mass is 32.1. The summed E-state index contributed by atoms with van der Waals surface area (Å²) in [7, 11) is 2.86. The molecule has 0 aliphatic rings. The van der Waals surface area contributed by atoms with Crippen LogP contribution in [0, 0.1) is 22.9 Å². The van der Waals surface area contributed by atoms with Crippen molar-refractivity contribution in [1.29, 1.82) is 0 Å². The first kappa shape index (κ1) is 24.1. The van der Waals surface area contributed by atoms with Crippen LogP contribution in [0.5, 0.6) is 11.5 Å². The zero-order chi connectivity index (χ0) is 25.1. The number of thiophene rings is 1. The maximum atomic E-state index is 13.2. The first-order valence-corrected chi connectivity index (χ1v) is 11.5. The molecule has 2 heterocycles. The molecule has 0 spiro atoms. The van der Waals surface area contributed by atoms with Crippen LogP contribution in [0.3, 0.4) is 0 Å². The number of rotatable bonds is 9. The van der Waals surface area contributed by atoms with Gasteiger partial charge in [-0.2, -0.15) is 5.10 Å². The third kappa shape index (κ3) is 5.09. The summed E-state index contributed by atoms with van der Waals surface area (Å²) in [6, 6.07) is 10.9. The molecule has 4 aromatic rings. The Morgan fingerprint density at radius 3 is 2.51 bits per heavy atom. The van der Waals surface area contributed by atoms with Gasteiger partial charge in [-0.05, 0) is 43.2 Å². The van der Waals surface area contributed by atoms with Gasteiger partial charge in [-0.1, -0.05) is 12.1 Å². The molecule has 0 aliphatic heterocycles. The number of nitro groups is 1. The second kappa shape index (κ2) is 10.1. The van der Waals surface area contributed by atoms with E-state index in [1.54, 1.807) is 28.9 Å². The Bertz CT molecular complexity index is 1400.